The molecule has 0 saturated heterocycles. The third-order valence-corrected chi connectivity index (χ3v) is 3.96. The standard InChI is InChI=1S/C16H17O3S/c1-13(2)11-14-7-6-8-15(12-14)19-20(17,18)16-9-4-3-5-10-16/h3-10,12H,11H2,1-2H3. The van der Waals surface area contributed by atoms with E-state index in [9.17, 15) is 8.42 Å². The molecule has 20 heavy (non-hydrogen) atoms. The summed E-state index contributed by atoms with van der Waals surface area (Å²) in [5.41, 5.74) is 1.03. The number of hydrogen-bond acceptors (Lipinski definition) is 3. The summed E-state index contributed by atoms with van der Waals surface area (Å²) in [6, 6.07) is 15.3. The zero-order chi connectivity index (χ0) is 14.6. The third-order valence-electron chi connectivity index (χ3n) is 2.69. The molecule has 0 aliphatic carbocycles. The minimum atomic E-state index is -3.77. The molecule has 0 amide bonds. The van der Waals surface area contributed by atoms with Gasteiger partial charge in [0.15, 0.2) is 0 Å². The summed E-state index contributed by atoms with van der Waals surface area (Å²) < 4.78 is 29.4. The summed E-state index contributed by atoms with van der Waals surface area (Å²) in [5.74, 6) is 1.60. The van der Waals surface area contributed by atoms with E-state index < -0.39 is 10.1 Å². The van der Waals surface area contributed by atoms with Crippen LogP contribution in [0.3, 0.4) is 0 Å². The van der Waals surface area contributed by atoms with Crippen molar-refractivity contribution in [3.05, 3.63) is 66.1 Å². The van der Waals surface area contributed by atoms with E-state index in [0.717, 1.165) is 12.0 Å². The van der Waals surface area contributed by atoms with Crippen molar-refractivity contribution in [1.29, 1.82) is 0 Å². The molecule has 0 aliphatic rings. The number of benzene rings is 2. The van der Waals surface area contributed by atoms with Gasteiger partial charge in [-0.3, -0.25) is 0 Å². The highest BCUT2D eigenvalue weighted by molar-refractivity contribution is 7.87. The first-order chi connectivity index (χ1) is 9.47. The van der Waals surface area contributed by atoms with Crippen LogP contribution in [0.2, 0.25) is 0 Å². The van der Waals surface area contributed by atoms with Crippen LogP contribution in [0.4, 0.5) is 0 Å². The molecular weight excluding hydrogens is 272 g/mol. The largest absolute Gasteiger partial charge is 0.379 e. The van der Waals surface area contributed by atoms with Crippen molar-refractivity contribution in [2.24, 2.45) is 0 Å². The molecule has 2 aromatic carbocycles. The summed E-state index contributed by atoms with van der Waals surface area (Å²) in [6.45, 7) is 4.07. The Morgan fingerprint density at radius 1 is 1.00 bits per heavy atom. The van der Waals surface area contributed by atoms with Crippen LogP contribution in [-0.4, -0.2) is 8.42 Å². The van der Waals surface area contributed by atoms with Gasteiger partial charge in [0, 0.05) is 0 Å². The van der Waals surface area contributed by atoms with Gasteiger partial charge in [-0.15, -0.1) is 0 Å². The first-order valence-corrected chi connectivity index (χ1v) is 7.76. The Morgan fingerprint density at radius 3 is 2.35 bits per heavy atom. The van der Waals surface area contributed by atoms with Crippen LogP contribution >= 0.6 is 0 Å². The number of rotatable bonds is 5. The van der Waals surface area contributed by atoms with E-state index in [1.54, 1.807) is 36.4 Å². The lowest BCUT2D eigenvalue weighted by molar-refractivity contribution is 0.486. The molecule has 0 bridgehead atoms. The minimum absolute atomic E-state index is 0.156. The molecule has 0 N–H and O–H groups in total. The first-order valence-electron chi connectivity index (χ1n) is 6.35. The third kappa shape index (κ3) is 3.84. The SMILES string of the molecule is C[C](C)Cc1cccc(OS(=O)(=O)c2ccccc2)c1. The van der Waals surface area contributed by atoms with E-state index in [-0.39, 0.29) is 4.90 Å². The van der Waals surface area contributed by atoms with E-state index in [0.29, 0.717) is 5.75 Å². The van der Waals surface area contributed by atoms with Crippen LogP contribution in [0.15, 0.2) is 59.5 Å². The second-order valence-corrected chi connectivity index (χ2v) is 6.43. The monoisotopic (exact) mass is 289 g/mol. The van der Waals surface area contributed by atoms with Gasteiger partial charge in [-0.05, 0) is 42.2 Å². The minimum Gasteiger partial charge on any atom is -0.379 e. The van der Waals surface area contributed by atoms with Crippen LogP contribution in [0.25, 0.3) is 0 Å². The molecule has 3 nitrogen and oxygen atoms in total. The molecule has 0 atom stereocenters. The van der Waals surface area contributed by atoms with Gasteiger partial charge in [0.2, 0.25) is 0 Å². The highest BCUT2D eigenvalue weighted by Crippen LogP contribution is 2.21. The molecule has 1 radical (unpaired) electrons. The topological polar surface area (TPSA) is 43.4 Å². The molecule has 105 valence electrons. The predicted octanol–water partition coefficient (Wildman–Crippen LogP) is 3.61. The van der Waals surface area contributed by atoms with Crippen molar-refractivity contribution in [2.45, 2.75) is 25.2 Å². The van der Waals surface area contributed by atoms with E-state index in [1.165, 1.54) is 18.1 Å². The smallest absolute Gasteiger partial charge is 0.339 e. The summed E-state index contributed by atoms with van der Waals surface area (Å²) in [5, 5.41) is 0. The van der Waals surface area contributed by atoms with Gasteiger partial charge in [0.05, 0.1) is 0 Å². The molecular formula is C16H17O3S. The molecule has 0 fully saturated rings. The molecule has 0 spiro atoms. The predicted molar refractivity (Wildman–Crippen MR) is 79.0 cm³/mol. The average molecular weight is 289 g/mol. The van der Waals surface area contributed by atoms with E-state index >= 15 is 0 Å². The lowest BCUT2D eigenvalue weighted by Gasteiger charge is -2.09. The fraction of sp³-hybridized carbons (Fsp3) is 0.188. The zero-order valence-corrected chi connectivity index (χ0v) is 12.4. The van der Waals surface area contributed by atoms with Crippen molar-refractivity contribution in [1.82, 2.24) is 0 Å². The summed E-state index contributed by atoms with van der Waals surface area (Å²) in [4.78, 5) is 0.156. The number of hydrogen-bond donors (Lipinski definition) is 0. The summed E-state index contributed by atoms with van der Waals surface area (Å²) in [6.07, 6.45) is 0.808. The van der Waals surface area contributed by atoms with Crippen molar-refractivity contribution >= 4 is 10.1 Å². The van der Waals surface area contributed by atoms with Gasteiger partial charge in [0.1, 0.15) is 10.6 Å². The van der Waals surface area contributed by atoms with Crippen LogP contribution in [0.1, 0.15) is 19.4 Å². The Balaban J connectivity index is 2.22. The quantitative estimate of drug-likeness (QED) is 0.790. The lowest BCUT2D eigenvalue weighted by atomic mass is 10.0. The molecule has 2 aromatic rings. The fourth-order valence-electron chi connectivity index (χ4n) is 1.88. The molecule has 0 aliphatic heterocycles. The highest BCUT2D eigenvalue weighted by atomic mass is 32.2. The van der Waals surface area contributed by atoms with E-state index in [1.807, 2.05) is 19.9 Å². The summed E-state index contributed by atoms with van der Waals surface area (Å²) >= 11 is 0. The molecule has 0 saturated carbocycles. The van der Waals surface area contributed by atoms with Crippen molar-refractivity contribution in [2.75, 3.05) is 0 Å². The van der Waals surface area contributed by atoms with Crippen molar-refractivity contribution in [3.63, 3.8) is 0 Å². The van der Waals surface area contributed by atoms with E-state index in [2.05, 4.69) is 0 Å². The van der Waals surface area contributed by atoms with Crippen LogP contribution in [0.5, 0.6) is 5.75 Å². The highest BCUT2D eigenvalue weighted by Gasteiger charge is 2.16. The van der Waals surface area contributed by atoms with Crippen LogP contribution < -0.4 is 4.18 Å². The molecule has 2 rings (SSSR count). The van der Waals surface area contributed by atoms with Gasteiger partial charge in [-0.1, -0.05) is 44.2 Å². The summed E-state index contributed by atoms with van der Waals surface area (Å²) in [7, 11) is -3.77. The maximum atomic E-state index is 12.1. The van der Waals surface area contributed by atoms with Gasteiger partial charge in [-0.2, -0.15) is 8.42 Å². The maximum Gasteiger partial charge on any atom is 0.339 e. The second-order valence-electron chi connectivity index (χ2n) is 4.88. The van der Waals surface area contributed by atoms with Crippen LogP contribution in [0, 0.1) is 5.92 Å². The van der Waals surface area contributed by atoms with Gasteiger partial charge in [-0.25, -0.2) is 0 Å². The first kappa shape index (κ1) is 14.6. The molecule has 0 unspecified atom stereocenters. The zero-order valence-electron chi connectivity index (χ0n) is 11.5. The Hall–Kier alpha value is -1.81. The van der Waals surface area contributed by atoms with Gasteiger partial charge in [0.25, 0.3) is 0 Å². The Bertz CT molecular complexity index is 661. The van der Waals surface area contributed by atoms with Crippen molar-refractivity contribution < 1.29 is 12.6 Å². The lowest BCUT2D eigenvalue weighted by Crippen LogP contribution is -2.09. The molecule has 4 heteroatoms. The molecule has 0 heterocycles. The van der Waals surface area contributed by atoms with Gasteiger partial charge < -0.3 is 4.18 Å². The van der Waals surface area contributed by atoms with Crippen LogP contribution in [-0.2, 0) is 16.5 Å². The Kier molecular flexibility index (Phi) is 4.45. The van der Waals surface area contributed by atoms with Crippen molar-refractivity contribution in [3.8, 4) is 5.75 Å². The Morgan fingerprint density at radius 2 is 1.70 bits per heavy atom. The normalized spacial score (nSPS) is 11.6. The second kappa shape index (κ2) is 6.09. The Labute approximate surface area is 120 Å². The fourth-order valence-corrected chi connectivity index (χ4v) is 2.82. The maximum absolute atomic E-state index is 12.1. The van der Waals surface area contributed by atoms with Gasteiger partial charge >= 0.3 is 10.1 Å². The average Bonchev–Trinajstić information content (AvgIpc) is 2.39. The molecule has 0 aromatic heterocycles. The van der Waals surface area contributed by atoms with E-state index in [4.69, 9.17) is 4.18 Å².